The van der Waals surface area contributed by atoms with Gasteiger partial charge in [-0.05, 0) is 43.5 Å². The van der Waals surface area contributed by atoms with Gasteiger partial charge in [-0.2, -0.15) is 0 Å². The van der Waals surface area contributed by atoms with E-state index in [-0.39, 0.29) is 17.6 Å². The van der Waals surface area contributed by atoms with Crippen LogP contribution in [-0.4, -0.2) is 41.1 Å². The van der Waals surface area contributed by atoms with Gasteiger partial charge in [-0.25, -0.2) is 4.79 Å². The van der Waals surface area contributed by atoms with Gasteiger partial charge >= 0.3 is 5.97 Å². The highest BCUT2D eigenvalue weighted by Crippen LogP contribution is 2.21. The molecule has 5 heteroatoms. The Labute approximate surface area is 124 Å². The molecule has 1 aromatic carbocycles. The van der Waals surface area contributed by atoms with Gasteiger partial charge in [0.15, 0.2) is 0 Å². The summed E-state index contributed by atoms with van der Waals surface area (Å²) in [7, 11) is 0. The van der Waals surface area contributed by atoms with Gasteiger partial charge in [0.1, 0.15) is 0 Å². The molecule has 1 aliphatic rings. The molecular weight excluding hydrogens is 270 g/mol. The minimum absolute atomic E-state index is 0.0574. The molecule has 1 aromatic rings. The Hall–Kier alpha value is -1.88. The first kappa shape index (κ1) is 15.5. The lowest BCUT2D eigenvalue weighted by molar-refractivity contribution is -0.133. The van der Waals surface area contributed by atoms with Crippen LogP contribution >= 0.6 is 0 Å². The molecule has 2 rings (SSSR count). The summed E-state index contributed by atoms with van der Waals surface area (Å²) in [4.78, 5) is 24.9. The van der Waals surface area contributed by atoms with E-state index < -0.39 is 5.97 Å². The van der Waals surface area contributed by atoms with Crippen molar-refractivity contribution in [1.82, 2.24) is 4.90 Å². The zero-order chi connectivity index (χ0) is 15.4. The van der Waals surface area contributed by atoms with Crippen LogP contribution in [0.5, 0.6) is 0 Å². The summed E-state index contributed by atoms with van der Waals surface area (Å²) in [6, 6.07) is 5.14. The van der Waals surface area contributed by atoms with Gasteiger partial charge in [-0.1, -0.05) is 6.07 Å². The number of amides is 1. The summed E-state index contributed by atoms with van der Waals surface area (Å²) in [5.74, 6) is -0.881. The number of carboxylic acid groups (broad SMARTS) is 1. The predicted octanol–water partition coefficient (Wildman–Crippen LogP) is 2.08. The molecule has 114 valence electrons. The Kier molecular flexibility index (Phi) is 4.96. The molecule has 0 fully saturated rings. The van der Waals surface area contributed by atoms with Crippen molar-refractivity contribution in [3.8, 4) is 0 Å². The fourth-order valence-corrected chi connectivity index (χ4v) is 2.44. The van der Waals surface area contributed by atoms with Gasteiger partial charge in [0.05, 0.1) is 24.7 Å². The highest BCUT2D eigenvalue weighted by Gasteiger charge is 2.21. The van der Waals surface area contributed by atoms with Crippen molar-refractivity contribution < 1.29 is 19.4 Å². The number of ether oxygens (including phenoxy) is 1. The minimum atomic E-state index is -0.938. The fourth-order valence-electron chi connectivity index (χ4n) is 2.44. The number of carbonyl (C=O) groups excluding carboxylic acids is 1. The third-order valence-electron chi connectivity index (χ3n) is 3.59. The van der Waals surface area contributed by atoms with Crippen molar-refractivity contribution in [1.29, 1.82) is 0 Å². The topological polar surface area (TPSA) is 66.8 Å². The third kappa shape index (κ3) is 4.04. The van der Waals surface area contributed by atoms with Crippen LogP contribution in [0.1, 0.15) is 41.8 Å². The Morgan fingerprint density at radius 1 is 1.33 bits per heavy atom. The lowest BCUT2D eigenvalue weighted by atomic mass is 9.97. The van der Waals surface area contributed by atoms with Gasteiger partial charge in [0.2, 0.25) is 5.91 Å². The molecule has 0 saturated carbocycles. The molecule has 5 nitrogen and oxygen atoms in total. The Morgan fingerprint density at radius 2 is 2.10 bits per heavy atom. The molecule has 0 aliphatic carbocycles. The molecule has 1 heterocycles. The summed E-state index contributed by atoms with van der Waals surface area (Å²) in [6.45, 7) is 5.47. The number of benzene rings is 1. The maximum Gasteiger partial charge on any atom is 0.335 e. The summed E-state index contributed by atoms with van der Waals surface area (Å²) in [5, 5.41) is 9.03. The molecule has 0 bridgehead atoms. The number of aromatic carboxylic acids is 1. The fraction of sp³-hybridized carbons (Fsp3) is 0.500. The van der Waals surface area contributed by atoms with E-state index in [4.69, 9.17) is 9.84 Å². The van der Waals surface area contributed by atoms with Crippen LogP contribution in [0.3, 0.4) is 0 Å². The number of nitrogens with zero attached hydrogens (tertiary/aromatic N) is 1. The maximum atomic E-state index is 12.1. The van der Waals surface area contributed by atoms with Crippen molar-refractivity contribution >= 4 is 11.9 Å². The molecule has 21 heavy (non-hydrogen) atoms. The minimum Gasteiger partial charge on any atom is -0.478 e. The largest absolute Gasteiger partial charge is 0.478 e. The van der Waals surface area contributed by atoms with Crippen molar-refractivity contribution in [2.24, 2.45) is 0 Å². The van der Waals surface area contributed by atoms with Crippen LogP contribution in [0, 0.1) is 0 Å². The molecule has 0 unspecified atom stereocenters. The average Bonchev–Trinajstić information content (AvgIpc) is 2.45. The van der Waals surface area contributed by atoms with Crippen molar-refractivity contribution in [2.45, 2.75) is 39.3 Å². The van der Waals surface area contributed by atoms with Crippen LogP contribution < -0.4 is 0 Å². The number of hydrogen-bond acceptors (Lipinski definition) is 3. The van der Waals surface area contributed by atoms with Gasteiger partial charge in [-0.15, -0.1) is 0 Å². The number of rotatable bonds is 5. The number of carboxylic acids is 1. The standard InChI is InChI=1S/C16H21NO4/c1-11(2)21-8-6-15(18)17-7-5-12-3-4-13(16(19)20)9-14(12)10-17/h3-4,9,11H,5-8,10H2,1-2H3,(H,19,20). The Bertz CT molecular complexity index is 539. The molecule has 0 saturated heterocycles. The second kappa shape index (κ2) is 6.72. The van der Waals surface area contributed by atoms with Crippen LogP contribution in [-0.2, 0) is 22.5 Å². The lowest BCUT2D eigenvalue weighted by Gasteiger charge is -2.29. The molecular formula is C16H21NO4. The summed E-state index contributed by atoms with van der Waals surface area (Å²) >= 11 is 0. The molecule has 0 radical (unpaired) electrons. The van der Waals surface area contributed by atoms with Crippen molar-refractivity contribution in [3.05, 3.63) is 34.9 Å². The molecule has 0 aromatic heterocycles. The van der Waals surface area contributed by atoms with Gasteiger partial charge in [0.25, 0.3) is 0 Å². The lowest BCUT2D eigenvalue weighted by Crippen LogP contribution is -2.36. The number of fused-ring (bicyclic) bond motifs is 1. The van der Waals surface area contributed by atoms with E-state index in [1.807, 2.05) is 19.9 Å². The average molecular weight is 291 g/mol. The first-order valence-electron chi connectivity index (χ1n) is 7.22. The summed E-state index contributed by atoms with van der Waals surface area (Å²) < 4.78 is 5.40. The first-order chi connectivity index (χ1) is 9.97. The highest BCUT2D eigenvalue weighted by atomic mass is 16.5. The van der Waals surface area contributed by atoms with E-state index in [0.717, 1.165) is 17.5 Å². The molecule has 0 spiro atoms. The zero-order valence-electron chi connectivity index (χ0n) is 12.5. The van der Waals surface area contributed by atoms with Crippen LogP contribution in [0.2, 0.25) is 0 Å². The second-order valence-corrected chi connectivity index (χ2v) is 5.52. The zero-order valence-corrected chi connectivity index (χ0v) is 12.5. The molecule has 1 aliphatic heterocycles. The smallest absolute Gasteiger partial charge is 0.335 e. The van der Waals surface area contributed by atoms with E-state index in [2.05, 4.69) is 0 Å². The molecule has 0 atom stereocenters. The summed E-state index contributed by atoms with van der Waals surface area (Å²) in [6.07, 6.45) is 1.26. The van der Waals surface area contributed by atoms with E-state index >= 15 is 0 Å². The second-order valence-electron chi connectivity index (χ2n) is 5.52. The van der Waals surface area contributed by atoms with E-state index in [1.165, 1.54) is 0 Å². The van der Waals surface area contributed by atoms with Gasteiger partial charge < -0.3 is 14.7 Å². The van der Waals surface area contributed by atoms with Gasteiger partial charge in [-0.3, -0.25) is 4.79 Å². The SMILES string of the molecule is CC(C)OCCC(=O)N1CCc2ccc(C(=O)O)cc2C1. The van der Waals surface area contributed by atoms with Crippen molar-refractivity contribution in [3.63, 3.8) is 0 Å². The highest BCUT2D eigenvalue weighted by molar-refractivity contribution is 5.88. The Balaban J connectivity index is 1.99. The van der Waals surface area contributed by atoms with Crippen LogP contribution in [0.25, 0.3) is 0 Å². The van der Waals surface area contributed by atoms with Crippen LogP contribution in [0.15, 0.2) is 18.2 Å². The van der Waals surface area contributed by atoms with E-state index in [1.54, 1.807) is 17.0 Å². The normalized spacial score (nSPS) is 14.1. The molecule has 1 amide bonds. The van der Waals surface area contributed by atoms with Crippen LogP contribution in [0.4, 0.5) is 0 Å². The summed E-state index contributed by atoms with van der Waals surface area (Å²) in [5.41, 5.74) is 2.33. The monoisotopic (exact) mass is 291 g/mol. The quantitative estimate of drug-likeness (QED) is 0.902. The first-order valence-corrected chi connectivity index (χ1v) is 7.22. The van der Waals surface area contributed by atoms with Crippen molar-refractivity contribution in [2.75, 3.05) is 13.2 Å². The van der Waals surface area contributed by atoms with E-state index in [0.29, 0.717) is 26.1 Å². The number of hydrogen-bond donors (Lipinski definition) is 1. The molecule has 1 N–H and O–H groups in total. The Morgan fingerprint density at radius 3 is 2.76 bits per heavy atom. The predicted molar refractivity (Wildman–Crippen MR) is 78.2 cm³/mol. The van der Waals surface area contributed by atoms with E-state index in [9.17, 15) is 9.59 Å². The van der Waals surface area contributed by atoms with Gasteiger partial charge in [0, 0.05) is 13.1 Å². The third-order valence-corrected chi connectivity index (χ3v) is 3.59. The maximum absolute atomic E-state index is 12.1. The number of carbonyl (C=O) groups is 2.